The maximum atomic E-state index is 12.2. The molecule has 5 rings (SSSR count). The van der Waals surface area contributed by atoms with E-state index in [9.17, 15) is 4.79 Å². The van der Waals surface area contributed by atoms with Gasteiger partial charge in [0.15, 0.2) is 0 Å². The smallest absolute Gasteiger partial charge is 0.308 e. The zero-order valence-corrected chi connectivity index (χ0v) is 24.4. The summed E-state index contributed by atoms with van der Waals surface area (Å²) in [5.74, 6) is 0.262. The van der Waals surface area contributed by atoms with Crippen LogP contribution in [0.5, 0.6) is 0 Å². The molecule has 1 fully saturated rings. The third-order valence-corrected chi connectivity index (χ3v) is 9.08. The fourth-order valence-electron chi connectivity index (χ4n) is 5.78. The van der Waals surface area contributed by atoms with Crippen molar-refractivity contribution in [2.24, 2.45) is 11.8 Å². The Kier molecular flexibility index (Phi) is 8.76. The Morgan fingerprint density at radius 2 is 1.57 bits per heavy atom. The van der Waals surface area contributed by atoms with E-state index in [-0.39, 0.29) is 11.9 Å². The van der Waals surface area contributed by atoms with Crippen molar-refractivity contribution in [3.05, 3.63) is 131 Å². The summed E-state index contributed by atoms with van der Waals surface area (Å²) in [6.45, 7) is 6.59. The zero-order valence-electron chi connectivity index (χ0n) is 23.6. The lowest BCUT2D eigenvalue weighted by Crippen LogP contribution is -2.23. The number of benzene rings is 3. The number of rotatable bonds is 7. The van der Waals surface area contributed by atoms with Gasteiger partial charge in [0.25, 0.3) is 0 Å². The number of fused-ring (bicyclic) bond motifs is 1. The number of hydrogen-bond acceptors (Lipinski definition) is 4. The Morgan fingerprint density at radius 1 is 0.925 bits per heavy atom. The number of aryl methyl sites for hydroxylation is 1. The molecule has 3 aromatic rings. The lowest BCUT2D eigenvalue weighted by atomic mass is 9.77. The predicted octanol–water partition coefficient (Wildman–Crippen LogP) is 9.08. The van der Waals surface area contributed by atoms with Crippen LogP contribution in [0.4, 0.5) is 5.69 Å². The topological polar surface area (TPSA) is 29.5 Å². The van der Waals surface area contributed by atoms with Crippen LogP contribution in [0, 0.1) is 18.8 Å². The van der Waals surface area contributed by atoms with E-state index in [0.29, 0.717) is 5.92 Å². The van der Waals surface area contributed by atoms with Crippen LogP contribution in [-0.2, 0) is 9.53 Å². The van der Waals surface area contributed by atoms with Crippen LogP contribution in [0.15, 0.2) is 119 Å². The number of carbonyl (C=O) groups is 1. The van der Waals surface area contributed by atoms with Gasteiger partial charge in [-0.25, -0.2) is 0 Å². The third-order valence-electron chi connectivity index (χ3n) is 8.02. The van der Waals surface area contributed by atoms with Crippen molar-refractivity contribution in [2.45, 2.75) is 37.5 Å². The van der Waals surface area contributed by atoms with Gasteiger partial charge in [-0.15, -0.1) is 0 Å². The molecule has 0 aromatic heterocycles. The molecule has 1 heterocycles. The number of anilines is 1. The highest BCUT2D eigenvalue weighted by atomic mass is 32.2. The fourth-order valence-corrected chi connectivity index (χ4v) is 6.63. The first-order valence-corrected chi connectivity index (χ1v) is 14.8. The average Bonchev–Trinajstić information content (AvgIpc) is 2.99. The van der Waals surface area contributed by atoms with E-state index in [0.717, 1.165) is 30.6 Å². The molecule has 0 saturated heterocycles. The molecule has 40 heavy (non-hydrogen) atoms. The van der Waals surface area contributed by atoms with E-state index in [4.69, 9.17) is 4.74 Å². The van der Waals surface area contributed by atoms with Crippen LogP contribution in [-0.4, -0.2) is 20.1 Å². The van der Waals surface area contributed by atoms with E-state index in [1.807, 2.05) is 0 Å². The molecule has 0 bridgehead atoms. The quantitative estimate of drug-likeness (QED) is 0.168. The summed E-state index contributed by atoms with van der Waals surface area (Å²) in [7, 11) is 3.63. The number of para-hydroxylation sites is 1. The molecule has 0 atom stereocenters. The van der Waals surface area contributed by atoms with Gasteiger partial charge in [-0.2, -0.15) is 0 Å². The highest BCUT2D eigenvalue weighted by Crippen LogP contribution is 2.42. The molecule has 1 saturated carbocycles. The first-order chi connectivity index (χ1) is 19.4. The number of carbonyl (C=O) groups excluding carboxylic acids is 1. The second-order valence-electron chi connectivity index (χ2n) is 10.6. The number of ether oxygens (including phenoxy) is 1. The van der Waals surface area contributed by atoms with Crippen molar-refractivity contribution in [3.63, 3.8) is 0 Å². The molecule has 0 spiro atoms. The fraction of sp³-hybridized carbons (Fsp3) is 0.250. The summed E-state index contributed by atoms with van der Waals surface area (Å²) in [6, 6.07) is 27.6. The van der Waals surface area contributed by atoms with Crippen molar-refractivity contribution < 1.29 is 9.53 Å². The van der Waals surface area contributed by atoms with Crippen LogP contribution in [0.2, 0.25) is 0 Å². The van der Waals surface area contributed by atoms with E-state index in [1.54, 1.807) is 11.8 Å². The minimum atomic E-state index is -0.0819. The Hall–Kier alpha value is -3.76. The van der Waals surface area contributed by atoms with E-state index < -0.39 is 0 Å². The Balaban J connectivity index is 1.55. The van der Waals surface area contributed by atoms with Crippen LogP contribution in [0.25, 0.3) is 11.3 Å². The number of methoxy groups -OCH3 is 1. The molecule has 1 aliphatic carbocycles. The van der Waals surface area contributed by atoms with Gasteiger partial charge in [0, 0.05) is 33.8 Å². The van der Waals surface area contributed by atoms with Gasteiger partial charge in [-0.05, 0) is 85.1 Å². The van der Waals surface area contributed by atoms with Gasteiger partial charge in [-0.1, -0.05) is 91.1 Å². The number of esters is 1. The highest BCUT2D eigenvalue weighted by molar-refractivity contribution is 8.03. The summed E-state index contributed by atoms with van der Waals surface area (Å²) in [5, 5.41) is 0. The minimum Gasteiger partial charge on any atom is -0.469 e. The predicted molar refractivity (Wildman–Crippen MR) is 169 cm³/mol. The van der Waals surface area contributed by atoms with Crippen LogP contribution < -0.4 is 4.90 Å². The molecule has 0 N–H and O–H groups in total. The van der Waals surface area contributed by atoms with Crippen molar-refractivity contribution >= 4 is 34.7 Å². The van der Waals surface area contributed by atoms with Crippen LogP contribution in [0.3, 0.4) is 0 Å². The van der Waals surface area contributed by atoms with E-state index in [2.05, 4.69) is 123 Å². The second kappa shape index (κ2) is 12.6. The molecule has 204 valence electrons. The summed E-state index contributed by atoms with van der Waals surface area (Å²) in [6.07, 6.45) is 10.5. The van der Waals surface area contributed by atoms with Crippen molar-refractivity contribution in [1.82, 2.24) is 0 Å². The van der Waals surface area contributed by atoms with Crippen LogP contribution >= 0.6 is 11.8 Å². The summed E-state index contributed by atoms with van der Waals surface area (Å²) in [4.78, 5) is 16.8. The maximum Gasteiger partial charge on any atom is 0.308 e. The summed E-state index contributed by atoms with van der Waals surface area (Å²) in [5.41, 5.74) is 8.49. The average molecular weight is 548 g/mol. The van der Waals surface area contributed by atoms with Crippen molar-refractivity contribution in [1.29, 1.82) is 0 Å². The zero-order chi connectivity index (χ0) is 28.1. The summed E-state index contributed by atoms with van der Waals surface area (Å²) < 4.78 is 5.06. The van der Waals surface area contributed by atoms with Gasteiger partial charge in [0.1, 0.15) is 0 Å². The molecule has 0 amide bonds. The highest BCUT2D eigenvalue weighted by Gasteiger charge is 2.29. The lowest BCUT2D eigenvalue weighted by Gasteiger charge is -2.32. The van der Waals surface area contributed by atoms with Gasteiger partial charge in [-0.3, -0.25) is 4.79 Å². The Morgan fingerprint density at radius 3 is 2.30 bits per heavy atom. The molecule has 3 aromatic carbocycles. The second-order valence-corrected chi connectivity index (χ2v) is 11.8. The molecule has 3 nitrogen and oxygen atoms in total. The molecular formula is C36H37NO2S. The Labute approximate surface area is 243 Å². The van der Waals surface area contributed by atoms with Crippen LogP contribution in [0.1, 0.15) is 42.4 Å². The third kappa shape index (κ3) is 6.18. The maximum absolute atomic E-state index is 12.2. The van der Waals surface area contributed by atoms with Gasteiger partial charge in [0.05, 0.1) is 13.0 Å². The monoisotopic (exact) mass is 547 g/mol. The first-order valence-electron chi connectivity index (χ1n) is 14.0. The van der Waals surface area contributed by atoms with E-state index >= 15 is 0 Å². The largest absolute Gasteiger partial charge is 0.469 e. The lowest BCUT2D eigenvalue weighted by molar-refractivity contribution is -0.146. The normalized spacial score (nSPS) is 20.1. The molecule has 4 heteroatoms. The van der Waals surface area contributed by atoms with Crippen molar-refractivity contribution in [3.8, 4) is 0 Å². The number of allylic oxidation sites excluding steroid dienone is 5. The summed E-state index contributed by atoms with van der Waals surface area (Å²) >= 11 is 1.72. The SMILES string of the molecule is C=C(/C=C(/C=C1\C=C(c2ccccc2)N(C)c2ccccc21)C1CCC(C(=O)OC)CC1)Sc1ccccc1C. The van der Waals surface area contributed by atoms with E-state index in [1.165, 1.54) is 51.2 Å². The molecule has 0 unspecified atom stereocenters. The van der Waals surface area contributed by atoms with Gasteiger partial charge >= 0.3 is 5.97 Å². The Bertz CT molecular complexity index is 1480. The molecule has 2 aliphatic rings. The minimum absolute atomic E-state index is 0.00617. The van der Waals surface area contributed by atoms with Crippen molar-refractivity contribution in [2.75, 3.05) is 19.1 Å². The van der Waals surface area contributed by atoms with Gasteiger partial charge in [0.2, 0.25) is 0 Å². The molecular weight excluding hydrogens is 510 g/mol. The first kappa shape index (κ1) is 27.8. The standard InChI is InChI=1S/C36H37NO2S/c1-25-12-8-11-17-35(25)40-26(2)22-30(27-18-20-29(21-19-27)36(38)39-4)23-31-24-34(28-13-6-5-7-14-28)37(3)33-16-10-9-15-32(31)33/h5-17,22-24,27,29H,2,18-21H2,1,3-4H3/b30-22-,31-23+. The molecule has 1 aliphatic heterocycles. The number of hydrogen-bond donors (Lipinski definition) is 0. The number of nitrogens with zero attached hydrogens (tertiary/aromatic N) is 1. The van der Waals surface area contributed by atoms with Gasteiger partial charge < -0.3 is 9.64 Å². The number of thioether (sulfide) groups is 1. The molecule has 0 radical (unpaired) electrons.